The molecule has 0 bridgehead atoms. The molecular formula is C49H31BN2O. The van der Waals surface area contributed by atoms with Crippen LogP contribution < -0.4 is 15.7 Å². The van der Waals surface area contributed by atoms with Crippen LogP contribution in [0.3, 0.4) is 0 Å². The summed E-state index contributed by atoms with van der Waals surface area (Å²) in [5.41, 5.74) is 16.9. The van der Waals surface area contributed by atoms with Gasteiger partial charge in [0.2, 0.25) is 0 Å². The third kappa shape index (κ3) is 3.95. The second-order valence-electron chi connectivity index (χ2n) is 14.5. The van der Waals surface area contributed by atoms with Gasteiger partial charge < -0.3 is 13.8 Å². The minimum absolute atomic E-state index is 0.0764. The lowest BCUT2D eigenvalue weighted by molar-refractivity contribution is 0.631. The largest absolute Gasteiger partial charge is 0.456 e. The number of hydrogen-bond donors (Lipinski definition) is 0. The average Bonchev–Trinajstić information content (AvgIpc) is 3.80. The van der Waals surface area contributed by atoms with Crippen LogP contribution in [-0.2, 0) is 0 Å². The van der Waals surface area contributed by atoms with Gasteiger partial charge in [-0.1, -0.05) is 133 Å². The Hall–Kier alpha value is -6.78. The Morgan fingerprint density at radius 3 is 2.09 bits per heavy atom. The number of furan rings is 1. The Morgan fingerprint density at radius 1 is 0.528 bits per heavy atom. The van der Waals surface area contributed by atoms with E-state index in [1.807, 2.05) is 0 Å². The molecule has 0 radical (unpaired) electrons. The topological polar surface area (TPSA) is 21.3 Å². The fourth-order valence-corrected chi connectivity index (χ4v) is 9.31. The van der Waals surface area contributed by atoms with Crippen LogP contribution in [0.25, 0.3) is 82.8 Å². The molecule has 0 aliphatic carbocycles. The Bertz CT molecular complexity index is 3120. The molecule has 2 aromatic heterocycles. The summed E-state index contributed by atoms with van der Waals surface area (Å²) in [6, 6.07) is 62.3. The summed E-state index contributed by atoms with van der Waals surface area (Å²) >= 11 is 0. The van der Waals surface area contributed by atoms with Gasteiger partial charge in [0.05, 0.1) is 11.0 Å². The molecule has 10 aromatic rings. The van der Waals surface area contributed by atoms with Crippen LogP contribution in [0.1, 0.15) is 5.56 Å². The van der Waals surface area contributed by atoms with E-state index in [0.717, 1.165) is 28.0 Å². The summed E-state index contributed by atoms with van der Waals surface area (Å²) in [7, 11) is 0. The van der Waals surface area contributed by atoms with Crippen molar-refractivity contribution in [2.75, 3.05) is 4.81 Å². The third-order valence-electron chi connectivity index (χ3n) is 11.6. The Morgan fingerprint density at radius 2 is 1.26 bits per heavy atom. The number of aryl methyl sites for hydroxylation is 1. The maximum absolute atomic E-state index is 6.72. The van der Waals surface area contributed by atoms with E-state index in [4.69, 9.17) is 4.42 Å². The van der Waals surface area contributed by atoms with E-state index in [1.54, 1.807) is 0 Å². The van der Waals surface area contributed by atoms with E-state index >= 15 is 0 Å². The number of benzene rings is 8. The molecule has 0 N–H and O–H groups in total. The van der Waals surface area contributed by atoms with Crippen LogP contribution in [0, 0.1) is 6.92 Å². The smallest absolute Gasteiger partial charge is 0.333 e. The Balaban J connectivity index is 1.30. The molecule has 2 aliphatic heterocycles. The predicted octanol–water partition coefficient (Wildman–Crippen LogP) is 11.6. The average molecular weight is 675 g/mol. The van der Waals surface area contributed by atoms with Crippen molar-refractivity contribution in [1.82, 2.24) is 4.57 Å². The number of para-hydroxylation sites is 1. The maximum Gasteiger partial charge on any atom is 0.333 e. The highest BCUT2D eigenvalue weighted by Gasteiger charge is 2.45. The Kier molecular flexibility index (Phi) is 5.79. The third-order valence-corrected chi connectivity index (χ3v) is 11.6. The monoisotopic (exact) mass is 674 g/mol. The van der Waals surface area contributed by atoms with E-state index in [9.17, 15) is 0 Å². The van der Waals surface area contributed by atoms with Crippen LogP contribution in [0.2, 0.25) is 0 Å². The van der Waals surface area contributed by atoms with Crippen molar-refractivity contribution in [2.45, 2.75) is 6.92 Å². The van der Waals surface area contributed by atoms with Gasteiger partial charge in [0, 0.05) is 50.4 Å². The molecule has 2 aliphatic rings. The zero-order valence-electron chi connectivity index (χ0n) is 29.0. The molecule has 0 saturated heterocycles. The minimum Gasteiger partial charge on any atom is -0.456 e. The second-order valence-corrected chi connectivity index (χ2v) is 14.5. The van der Waals surface area contributed by atoms with Crippen molar-refractivity contribution < 1.29 is 4.42 Å². The first-order chi connectivity index (χ1) is 26.2. The molecule has 0 saturated carbocycles. The summed E-state index contributed by atoms with van der Waals surface area (Å²) in [5, 5.41) is 6.20. The highest BCUT2D eigenvalue weighted by molar-refractivity contribution is 6.94. The summed E-state index contributed by atoms with van der Waals surface area (Å²) in [4.78, 5) is 2.58. The highest BCUT2D eigenvalue weighted by atomic mass is 16.3. The van der Waals surface area contributed by atoms with Gasteiger partial charge in [-0.25, -0.2) is 0 Å². The number of anilines is 2. The van der Waals surface area contributed by atoms with Crippen molar-refractivity contribution in [3.05, 3.63) is 175 Å². The minimum atomic E-state index is -0.0764. The van der Waals surface area contributed by atoms with E-state index in [1.165, 1.54) is 82.7 Å². The molecule has 246 valence electrons. The molecule has 4 heteroatoms. The number of rotatable bonds is 3. The van der Waals surface area contributed by atoms with Crippen LogP contribution in [0.5, 0.6) is 0 Å². The van der Waals surface area contributed by atoms with Gasteiger partial charge in [-0.2, -0.15) is 0 Å². The highest BCUT2D eigenvalue weighted by Crippen LogP contribution is 2.49. The predicted molar refractivity (Wildman–Crippen MR) is 223 cm³/mol. The molecular weight excluding hydrogens is 643 g/mol. The van der Waals surface area contributed by atoms with Gasteiger partial charge in [-0.3, -0.25) is 0 Å². The normalized spacial score (nSPS) is 12.9. The molecule has 12 rings (SSSR count). The lowest BCUT2D eigenvalue weighted by Crippen LogP contribution is -2.60. The number of aromatic nitrogens is 1. The first-order valence-corrected chi connectivity index (χ1v) is 18.4. The number of nitrogens with zero attached hydrogens (tertiary/aromatic N) is 2. The molecule has 0 atom stereocenters. The van der Waals surface area contributed by atoms with Crippen molar-refractivity contribution in [1.29, 1.82) is 0 Å². The van der Waals surface area contributed by atoms with Crippen LogP contribution in [0.15, 0.2) is 174 Å². The number of fused-ring (bicyclic) bond motifs is 11. The lowest BCUT2D eigenvalue weighted by atomic mass is 9.43. The van der Waals surface area contributed by atoms with E-state index in [-0.39, 0.29) is 6.85 Å². The van der Waals surface area contributed by atoms with Crippen LogP contribution >= 0.6 is 0 Å². The molecule has 0 spiro atoms. The standard InChI is InChI=1S/C49H31BN2O/c1-30-20-23-35(24-21-30)52-41-19-11-10-18-37(41)39-28-38(31-12-4-2-5-13-31)47-46-36-17-9-8-14-32(36)22-25-42(46)51-43-29-45-34(26-40(43)50(52)48(39)49(47)51)27-44(53-45)33-15-6-3-7-16-33/h2-29H,1H3. The summed E-state index contributed by atoms with van der Waals surface area (Å²) in [6.45, 7) is 2.09. The van der Waals surface area contributed by atoms with E-state index in [2.05, 4.69) is 186 Å². The van der Waals surface area contributed by atoms with Crippen LogP contribution in [0.4, 0.5) is 11.4 Å². The number of hydrogen-bond acceptors (Lipinski definition) is 2. The quantitative estimate of drug-likeness (QED) is 0.174. The molecule has 4 heterocycles. The van der Waals surface area contributed by atoms with E-state index in [0.29, 0.717) is 0 Å². The second kappa shape index (κ2) is 10.6. The van der Waals surface area contributed by atoms with Crippen molar-refractivity contribution in [3.8, 4) is 39.3 Å². The lowest BCUT2D eigenvalue weighted by Gasteiger charge is -2.42. The fraction of sp³-hybridized carbons (Fsp3) is 0.0204. The van der Waals surface area contributed by atoms with Gasteiger partial charge in [-0.15, -0.1) is 0 Å². The molecule has 0 amide bonds. The zero-order valence-corrected chi connectivity index (χ0v) is 29.0. The van der Waals surface area contributed by atoms with Gasteiger partial charge in [-0.05, 0) is 81.7 Å². The summed E-state index contributed by atoms with van der Waals surface area (Å²) in [5.74, 6) is 0.880. The molecule has 0 fully saturated rings. The molecule has 3 nitrogen and oxygen atoms in total. The zero-order chi connectivity index (χ0) is 34.8. The first-order valence-electron chi connectivity index (χ1n) is 18.4. The summed E-state index contributed by atoms with van der Waals surface area (Å²) < 4.78 is 9.27. The SMILES string of the molecule is Cc1ccc(N2B3c4cc5cc(-c6ccccc6)oc5cc4-n4c5ccc6ccccc6c5c5c(-c6ccccc6)cc(c3c54)-c3ccccc32)cc1. The maximum atomic E-state index is 6.72. The van der Waals surface area contributed by atoms with Gasteiger partial charge in [0.15, 0.2) is 0 Å². The fourth-order valence-electron chi connectivity index (χ4n) is 9.31. The van der Waals surface area contributed by atoms with Gasteiger partial charge in [0.25, 0.3) is 0 Å². The van der Waals surface area contributed by atoms with Gasteiger partial charge in [0.1, 0.15) is 11.3 Å². The molecule has 8 aromatic carbocycles. The summed E-state index contributed by atoms with van der Waals surface area (Å²) in [6.07, 6.45) is 0. The van der Waals surface area contributed by atoms with E-state index < -0.39 is 0 Å². The molecule has 0 unspecified atom stereocenters. The molecule has 53 heavy (non-hydrogen) atoms. The van der Waals surface area contributed by atoms with Crippen LogP contribution in [-0.4, -0.2) is 11.4 Å². The first kappa shape index (κ1) is 28.9. The van der Waals surface area contributed by atoms with Gasteiger partial charge >= 0.3 is 6.85 Å². The van der Waals surface area contributed by atoms with Crippen molar-refractivity contribution >= 4 is 72.7 Å². The van der Waals surface area contributed by atoms with Crippen molar-refractivity contribution in [2.24, 2.45) is 0 Å². The van der Waals surface area contributed by atoms with Crippen molar-refractivity contribution in [3.63, 3.8) is 0 Å². The Labute approximate surface area is 307 Å².